The van der Waals surface area contributed by atoms with E-state index in [4.69, 9.17) is 25.5 Å². The zero-order valence-electron chi connectivity index (χ0n) is 10.3. The first-order chi connectivity index (χ1) is 9.17. The summed E-state index contributed by atoms with van der Waals surface area (Å²) in [6, 6.07) is 8.71. The Bertz CT molecular complexity index is 457. The molecule has 0 amide bonds. The number of carboxylic acid groups (broad SMARTS) is 3. The number of para-hydroxylation sites is 1. The first-order valence-corrected chi connectivity index (χ1v) is 5.31. The molecular formula is C12H15NaO8. The van der Waals surface area contributed by atoms with Gasteiger partial charge < -0.3 is 25.5 Å². The number of aromatic hydroxyl groups is 1. The number of phenolic OH excluding ortho intramolecular Hbond substituents is 1. The molecule has 0 aromatic heterocycles. The Morgan fingerprint density at radius 1 is 0.905 bits per heavy atom. The minimum absolute atomic E-state index is 0. The van der Waals surface area contributed by atoms with Gasteiger partial charge in [0.15, 0.2) is 5.60 Å². The number of aliphatic hydroxyl groups is 1. The number of rotatable bonds is 5. The zero-order valence-corrected chi connectivity index (χ0v) is 10.3. The Balaban J connectivity index is 0. The van der Waals surface area contributed by atoms with Crippen molar-refractivity contribution in [2.75, 3.05) is 0 Å². The van der Waals surface area contributed by atoms with Crippen LogP contribution in [-0.2, 0) is 14.4 Å². The van der Waals surface area contributed by atoms with Gasteiger partial charge in [0.05, 0.1) is 12.8 Å². The Morgan fingerprint density at radius 3 is 1.48 bits per heavy atom. The van der Waals surface area contributed by atoms with Gasteiger partial charge in [-0.2, -0.15) is 0 Å². The van der Waals surface area contributed by atoms with Gasteiger partial charge in [-0.15, -0.1) is 0 Å². The van der Waals surface area contributed by atoms with Gasteiger partial charge in [0.25, 0.3) is 0 Å². The van der Waals surface area contributed by atoms with Crippen LogP contribution in [0.25, 0.3) is 0 Å². The van der Waals surface area contributed by atoms with Crippen LogP contribution in [0.1, 0.15) is 12.8 Å². The molecule has 0 bridgehead atoms. The number of aliphatic carboxylic acids is 3. The fourth-order valence-corrected chi connectivity index (χ4v) is 1.14. The van der Waals surface area contributed by atoms with Crippen LogP contribution in [0.4, 0.5) is 0 Å². The molecule has 21 heavy (non-hydrogen) atoms. The van der Waals surface area contributed by atoms with Gasteiger partial charge in [-0.3, -0.25) is 9.59 Å². The van der Waals surface area contributed by atoms with Gasteiger partial charge in [0.2, 0.25) is 0 Å². The molecule has 0 fully saturated rings. The third kappa shape index (κ3) is 9.85. The molecule has 5 N–H and O–H groups in total. The molecule has 0 heterocycles. The SMILES string of the molecule is O=C(O)CC(O)(CC(=O)O)C(=O)O.Oc1ccccc1.[NaH]. The standard InChI is InChI=1S/C6H8O7.C6H6O.Na.H/c7-3(8)1-6(13,5(11)12)2-4(9)10;7-6-4-2-1-3-5-6;;/h13H,1-2H2,(H,7,8)(H,9,10)(H,11,12);1-5,7H;;. The Labute approximate surface area is 141 Å². The van der Waals surface area contributed by atoms with E-state index in [1.54, 1.807) is 24.3 Å². The molecular weight excluding hydrogens is 295 g/mol. The van der Waals surface area contributed by atoms with Crippen LogP contribution in [-0.4, -0.2) is 78.6 Å². The van der Waals surface area contributed by atoms with Crippen LogP contribution in [0.3, 0.4) is 0 Å². The summed E-state index contributed by atoms with van der Waals surface area (Å²) in [6.07, 6.45) is -2.29. The normalized spacial score (nSPS) is 9.57. The summed E-state index contributed by atoms with van der Waals surface area (Å²) in [5, 5.41) is 42.4. The molecule has 0 saturated heterocycles. The average Bonchev–Trinajstić information content (AvgIpc) is 2.28. The van der Waals surface area contributed by atoms with Crippen molar-refractivity contribution in [2.45, 2.75) is 18.4 Å². The Hall–Kier alpha value is -1.61. The maximum absolute atomic E-state index is 10.3. The summed E-state index contributed by atoms with van der Waals surface area (Å²) >= 11 is 0. The molecule has 0 aliphatic heterocycles. The number of hydrogen-bond acceptors (Lipinski definition) is 5. The second-order valence-corrected chi connectivity index (χ2v) is 3.81. The van der Waals surface area contributed by atoms with E-state index in [0.717, 1.165) is 0 Å². The van der Waals surface area contributed by atoms with Crippen LogP contribution in [0.5, 0.6) is 5.75 Å². The molecule has 0 radical (unpaired) electrons. The van der Waals surface area contributed by atoms with Crippen molar-refractivity contribution >= 4 is 47.5 Å². The van der Waals surface area contributed by atoms with Gasteiger partial charge >= 0.3 is 47.5 Å². The van der Waals surface area contributed by atoms with Crippen molar-refractivity contribution in [3.63, 3.8) is 0 Å². The summed E-state index contributed by atoms with van der Waals surface area (Å²) in [7, 11) is 0. The van der Waals surface area contributed by atoms with Crippen molar-refractivity contribution in [1.82, 2.24) is 0 Å². The number of carbonyl (C=O) groups is 3. The van der Waals surface area contributed by atoms with Gasteiger partial charge in [-0.25, -0.2) is 4.79 Å². The second kappa shape index (κ2) is 10.2. The fraction of sp³-hybridized carbons (Fsp3) is 0.250. The summed E-state index contributed by atoms with van der Waals surface area (Å²) in [4.78, 5) is 30.5. The van der Waals surface area contributed by atoms with E-state index in [9.17, 15) is 14.4 Å². The molecule has 1 aromatic carbocycles. The quantitative estimate of drug-likeness (QED) is 0.456. The average molecular weight is 310 g/mol. The monoisotopic (exact) mass is 310 g/mol. The predicted molar refractivity (Wildman–Crippen MR) is 72.3 cm³/mol. The van der Waals surface area contributed by atoms with Crippen molar-refractivity contribution in [1.29, 1.82) is 0 Å². The maximum atomic E-state index is 10.3. The molecule has 0 spiro atoms. The first kappa shape index (κ1) is 21.7. The predicted octanol–water partition coefficient (Wildman–Crippen LogP) is -0.505. The first-order valence-electron chi connectivity index (χ1n) is 5.31. The van der Waals surface area contributed by atoms with E-state index >= 15 is 0 Å². The number of hydrogen-bond donors (Lipinski definition) is 5. The van der Waals surface area contributed by atoms with E-state index in [2.05, 4.69) is 0 Å². The van der Waals surface area contributed by atoms with Crippen molar-refractivity contribution in [3.05, 3.63) is 30.3 Å². The van der Waals surface area contributed by atoms with Crippen molar-refractivity contribution in [2.24, 2.45) is 0 Å². The summed E-state index contributed by atoms with van der Waals surface area (Å²) in [6.45, 7) is 0. The van der Waals surface area contributed by atoms with Crippen molar-refractivity contribution < 1.29 is 39.9 Å². The third-order valence-corrected chi connectivity index (χ3v) is 2.04. The number of benzene rings is 1. The van der Waals surface area contributed by atoms with Crippen LogP contribution in [0.15, 0.2) is 30.3 Å². The molecule has 1 aromatic rings. The number of phenols is 1. The van der Waals surface area contributed by atoms with Crippen molar-refractivity contribution in [3.8, 4) is 5.75 Å². The van der Waals surface area contributed by atoms with E-state index in [0.29, 0.717) is 5.75 Å². The molecule has 0 aliphatic rings. The van der Waals surface area contributed by atoms with Crippen LogP contribution in [0.2, 0.25) is 0 Å². The van der Waals surface area contributed by atoms with Gasteiger partial charge in [0.1, 0.15) is 5.75 Å². The molecule has 0 atom stereocenters. The molecule has 0 unspecified atom stereocenters. The molecule has 9 heteroatoms. The minimum atomic E-state index is -2.74. The molecule has 8 nitrogen and oxygen atoms in total. The Morgan fingerprint density at radius 2 is 1.29 bits per heavy atom. The van der Waals surface area contributed by atoms with E-state index < -0.39 is 36.4 Å². The van der Waals surface area contributed by atoms with E-state index in [1.807, 2.05) is 6.07 Å². The van der Waals surface area contributed by atoms with Crippen LogP contribution in [0, 0.1) is 0 Å². The van der Waals surface area contributed by atoms with E-state index in [1.165, 1.54) is 0 Å². The van der Waals surface area contributed by atoms with Gasteiger partial charge in [0, 0.05) is 0 Å². The topological polar surface area (TPSA) is 152 Å². The molecule has 0 saturated carbocycles. The molecule has 0 aliphatic carbocycles. The summed E-state index contributed by atoms with van der Waals surface area (Å²) in [5.74, 6) is -4.70. The third-order valence-electron chi connectivity index (χ3n) is 2.04. The second-order valence-electron chi connectivity index (χ2n) is 3.81. The van der Waals surface area contributed by atoms with E-state index in [-0.39, 0.29) is 29.6 Å². The Kier molecular flexibility index (Phi) is 10.5. The van der Waals surface area contributed by atoms with Gasteiger partial charge in [-0.05, 0) is 12.1 Å². The molecule has 1 rings (SSSR count). The summed E-state index contributed by atoms with van der Waals surface area (Å²) < 4.78 is 0. The summed E-state index contributed by atoms with van der Waals surface area (Å²) in [5.41, 5.74) is -2.74. The van der Waals surface area contributed by atoms with Crippen LogP contribution < -0.4 is 0 Å². The van der Waals surface area contributed by atoms with Crippen LogP contribution >= 0.6 is 0 Å². The zero-order chi connectivity index (χ0) is 15.8. The fourth-order valence-electron chi connectivity index (χ4n) is 1.14. The number of carboxylic acids is 3. The van der Waals surface area contributed by atoms with Gasteiger partial charge in [-0.1, -0.05) is 18.2 Å². The molecule has 112 valence electrons.